The van der Waals surface area contributed by atoms with Gasteiger partial charge in [-0.2, -0.15) is 0 Å². The van der Waals surface area contributed by atoms with E-state index < -0.39 is 5.82 Å². The molecule has 6 heteroatoms. The summed E-state index contributed by atoms with van der Waals surface area (Å²) < 4.78 is 12.8. The van der Waals surface area contributed by atoms with Crippen molar-refractivity contribution in [1.29, 1.82) is 0 Å². The summed E-state index contributed by atoms with van der Waals surface area (Å²) in [6.07, 6.45) is 2.47. The Balaban J connectivity index is 1.69. The van der Waals surface area contributed by atoms with Crippen molar-refractivity contribution in [3.8, 4) is 0 Å². The number of rotatable bonds is 6. The van der Waals surface area contributed by atoms with Gasteiger partial charge >= 0.3 is 0 Å². The van der Waals surface area contributed by atoms with Crippen LogP contribution in [0.3, 0.4) is 0 Å². The number of amides is 2. The normalized spacial score (nSPS) is 19.5. The van der Waals surface area contributed by atoms with E-state index >= 15 is 0 Å². The monoisotopic (exact) mass is 335 g/mol. The van der Waals surface area contributed by atoms with Gasteiger partial charge in [0.25, 0.3) is 5.91 Å². The van der Waals surface area contributed by atoms with Crippen molar-refractivity contribution in [2.45, 2.75) is 32.7 Å². The van der Waals surface area contributed by atoms with Crippen LogP contribution in [0.2, 0.25) is 0 Å². The summed E-state index contributed by atoms with van der Waals surface area (Å²) in [4.78, 5) is 26.1. The fourth-order valence-electron chi connectivity index (χ4n) is 2.94. The molecule has 2 N–H and O–H groups in total. The van der Waals surface area contributed by atoms with E-state index in [1.807, 2.05) is 0 Å². The van der Waals surface area contributed by atoms with Crippen LogP contribution in [-0.2, 0) is 4.79 Å². The number of hydrogen-bond donors (Lipinski definition) is 2. The van der Waals surface area contributed by atoms with Crippen molar-refractivity contribution < 1.29 is 14.0 Å². The van der Waals surface area contributed by atoms with Gasteiger partial charge in [-0.1, -0.05) is 6.92 Å². The van der Waals surface area contributed by atoms with Crippen molar-refractivity contribution in [2.75, 3.05) is 26.2 Å². The third kappa shape index (κ3) is 5.60. The molecule has 1 fully saturated rings. The topological polar surface area (TPSA) is 61.4 Å². The second kappa shape index (κ2) is 8.78. The number of carbonyl (C=O) groups is 2. The molecule has 0 bridgehead atoms. The predicted molar refractivity (Wildman–Crippen MR) is 91.2 cm³/mol. The fourth-order valence-corrected chi connectivity index (χ4v) is 2.94. The van der Waals surface area contributed by atoms with Crippen LogP contribution in [0.25, 0.3) is 0 Å². The Labute approximate surface area is 142 Å². The molecule has 0 radical (unpaired) electrons. The first-order valence-corrected chi connectivity index (χ1v) is 8.50. The Morgan fingerprint density at radius 2 is 2.00 bits per heavy atom. The maximum atomic E-state index is 12.8. The number of piperidine rings is 1. The number of halogens is 1. The summed E-state index contributed by atoms with van der Waals surface area (Å²) in [7, 11) is 0. The van der Waals surface area contributed by atoms with Crippen molar-refractivity contribution >= 4 is 11.8 Å². The number of likely N-dealkylation sites (tertiary alicyclic amines) is 1. The Morgan fingerprint density at radius 1 is 1.29 bits per heavy atom. The SMILES string of the molecule is CC1CCCN(C(C)CNC(=O)CNC(=O)c2ccc(F)cc2)C1. The zero-order chi connectivity index (χ0) is 17.5. The highest BCUT2D eigenvalue weighted by Crippen LogP contribution is 2.17. The Morgan fingerprint density at radius 3 is 2.67 bits per heavy atom. The van der Waals surface area contributed by atoms with E-state index in [4.69, 9.17) is 0 Å². The summed E-state index contributed by atoms with van der Waals surface area (Å²) in [5, 5.41) is 5.40. The van der Waals surface area contributed by atoms with Gasteiger partial charge in [0.1, 0.15) is 5.82 Å². The summed E-state index contributed by atoms with van der Waals surface area (Å²) in [5.74, 6) is -0.303. The first kappa shape index (κ1) is 18.4. The highest BCUT2D eigenvalue weighted by Gasteiger charge is 2.21. The molecule has 0 aromatic heterocycles. The number of hydrogen-bond acceptors (Lipinski definition) is 3. The first-order chi connectivity index (χ1) is 11.5. The van der Waals surface area contributed by atoms with Gasteiger partial charge in [0.15, 0.2) is 0 Å². The van der Waals surface area contributed by atoms with Gasteiger partial charge in [-0.25, -0.2) is 4.39 Å². The van der Waals surface area contributed by atoms with Crippen LogP contribution >= 0.6 is 0 Å². The molecule has 132 valence electrons. The number of carbonyl (C=O) groups excluding carboxylic acids is 2. The first-order valence-electron chi connectivity index (χ1n) is 8.50. The van der Waals surface area contributed by atoms with Crippen molar-refractivity contribution in [2.24, 2.45) is 5.92 Å². The van der Waals surface area contributed by atoms with E-state index in [1.165, 1.54) is 37.1 Å². The second-order valence-corrected chi connectivity index (χ2v) is 6.59. The molecule has 1 aliphatic rings. The minimum absolute atomic E-state index is 0.0840. The van der Waals surface area contributed by atoms with Gasteiger partial charge in [0.05, 0.1) is 6.54 Å². The summed E-state index contributed by atoms with van der Waals surface area (Å²) >= 11 is 0. The highest BCUT2D eigenvalue weighted by molar-refractivity contribution is 5.96. The van der Waals surface area contributed by atoms with E-state index in [-0.39, 0.29) is 24.4 Å². The average Bonchev–Trinajstić information content (AvgIpc) is 2.58. The molecular weight excluding hydrogens is 309 g/mol. The molecule has 0 saturated carbocycles. The Kier molecular flexibility index (Phi) is 6.73. The maximum absolute atomic E-state index is 12.8. The van der Waals surface area contributed by atoms with Gasteiger partial charge in [-0.05, 0) is 56.5 Å². The minimum Gasteiger partial charge on any atom is -0.353 e. The molecule has 1 heterocycles. The second-order valence-electron chi connectivity index (χ2n) is 6.59. The lowest BCUT2D eigenvalue weighted by molar-refractivity contribution is -0.120. The highest BCUT2D eigenvalue weighted by atomic mass is 19.1. The average molecular weight is 335 g/mol. The molecule has 1 aliphatic heterocycles. The van der Waals surface area contributed by atoms with Crippen LogP contribution in [-0.4, -0.2) is 48.9 Å². The van der Waals surface area contributed by atoms with Crippen molar-refractivity contribution in [1.82, 2.24) is 15.5 Å². The lowest BCUT2D eigenvalue weighted by atomic mass is 9.99. The molecule has 5 nitrogen and oxygen atoms in total. The van der Waals surface area contributed by atoms with Gasteiger partial charge in [0.2, 0.25) is 5.91 Å². The maximum Gasteiger partial charge on any atom is 0.251 e. The molecule has 1 aromatic rings. The van der Waals surface area contributed by atoms with E-state index in [1.54, 1.807) is 0 Å². The summed E-state index contributed by atoms with van der Waals surface area (Å²) in [6, 6.07) is 5.50. The van der Waals surface area contributed by atoms with Gasteiger partial charge in [-0.15, -0.1) is 0 Å². The van der Waals surface area contributed by atoms with Gasteiger partial charge in [0, 0.05) is 24.7 Å². The summed E-state index contributed by atoms with van der Waals surface area (Å²) in [5.41, 5.74) is 0.333. The summed E-state index contributed by atoms with van der Waals surface area (Å²) in [6.45, 7) is 6.98. The predicted octanol–water partition coefficient (Wildman–Crippen LogP) is 1.79. The van der Waals surface area contributed by atoms with E-state index in [9.17, 15) is 14.0 Å². The minimum atomic E-state index is -0.398. The number of nitrogens with one attached hydrogen (secondary N) is 2. The van der Waals surface area contributed by atoms with E-state index in [0.717, 1.165) is 13.1 Å². The largest absolute Gasteiger partial charge is 0.353 e. The van der Waals surface area contributed by atoms with Gasteiger partial charge in [-0.3, -0.25) is 14.5 Å². The lowest BCUT2D eigenvalue weighted by Crippen LogP contribution is -2.47. The molecule has 2 unspecified atom stereocenters. The number of benzene rings is 1. The molecular formula is C18H26FN3O2. The molecule has 2 amide bonds. The lowest BCUT2D eigenvalue weighted by Gasteiger charge is -2.35. The van der Waals surface area contributed by atoms with Gasteiger partial charge < -0.3 is 10.6 Å². The molecule has 2 rings (SSSR count). The molecule has 0 aliphatic carbocycles. The van der Waals surface area contributed by atoms with Crippen LogP contribution in [0.5, 0.6) is 0 Å². The Hall–Kier alpha value is -1.95. The smallest absolute Gasteiger partial charge is 0.251 e. The Bertz CT molecular complexity index is 562. The number of nitrogens with zero attached hydrogens (tertiary/aromatic N) is 1. The van der Waals surface area contributed by atoms with Crippen LogP contribution < -0.4 is 10.6 Å². The zero-order valence-corrected chi connectivity index (χ0v) is 14.3. The fraction of sp³-hybridized carbons (Fsp3) is 0.556. The molecule has 1 saturated heterocycles. The third-order valence-corrected chi connectivity index (χ3v) is 4.42. The van der Waals surface area contributed by atoms with Crippen molar-refractivity contribution in [3.63, 3.8) is 0 Å². The molecule has 24 heavy (non-hydrogen) atoms. The standard InChI is InChI=1S/C18H26FN3O2/c1-13-4-3-9-22(12-13)14(2)10-20-17(23)11-21-18(24)15-5-7-16(19)8-6-15/h5-8,13-14H,3-4,9-12H2,1-2H3,(H,20,23)(H,21,24). The van der Waals surface area contributed by atoms with E-state index in [2.05, 4.69) is 29.4 Å². The van der Waals surface area contributed by atoms with Crippen LogP contribution in [0, 0.1) is 11.7 Å². The molecule has 0 spiro atoms. The molecule has 1 aromatic carbocycles. The zero-order valence-electron chi connectivity index (χ0n) is 14.3. The van der Waals surface area contributed by atoms with Crippen molar-refractivity contribution in [3.05, 3.63) is 35.6 Å². The third-order valence-electron chi connectivity index (χ3n) is 4.42. The molecule has 2 atom stereocenters. The van der Waals surface area contributed by atoms with E-state index in [0.29, 0.717) is 18.0 Å². The van der Waals surface area contributed by atoms with Crippen LogP contribution in [0.15, 0.2) is 24.3 Å². The van der Waals surface area contributed by atoms with Crippen LogP contribution in [0.4, 0.5) is 4.39 Å². The quantitative estimate of drug-likeness (QED) is 0.833. The van der Waals surface area contributed by atoms with Crippen LogP contribution in [0.1, 0.15) is 37.0 Å².